The first-order valence-electron chi connectivity index (χ1n) is 11.0. The van der Waals surface area contributed by atoms with Crippen molar-refractivity contribution in [1.29, 1.82) is 0 Å². The molecular formula is C23H36N2O5S. The zero-order valence-electron chi connectivity index (χ0n) is 19.7. The van der Waals surface area contributed by atoms with Crippen LogP contribution in [0.5, 0.6) is 0 Å². The lowest BCUT2D eigenvalue weighted by atomic mass is 9.99. The van der Waals surface area contributed by atoms with Gasteiger partial charge in [-0.05, 0) is 63.4 Å². The fourth-order valence-corrected chi connectivity index (χ4v) is 5.36. The van der Waals surface area contributed by atoms with Crippen LogP contribution in [0.4, 0.5) is 10.5 Å². The molecule has 31 heavy (non-hydrogen) atoms. The second-order valence-electron chi connectivity index (χ2n) is 9.41. The molecule has 0 bridgehead atoms. The number of carbonyl (C=O) groups excluding carboxylic acids is 1. The quantitative estimate of drug-likeness (QED) is 0.634. The molecule has 1 unspecified atom stereocenters. The molecule has 1 spiro atoms. The third-order valence-electron chi connectivity index (χ3n) is 5.85. The Morgan fingerprint density at radius 1 is 1.19 bits per heavy atom. The molecule has 2 heterocycles. The third-order valence-corrected chi connectivity index (χ3v) is 7.34. The summed E-state index contributed by atoms with van der Waals surface area (Å²) in [6.45, 7) is 12.4. The summed E-state index contributed by atoms with van der Waals surface area (Å²) in [7, 11) is 1.72. The van der Waals surface area contributed by atoms with Gasteiger partial charge in [-0.15, -0.1) is 4.31 Å². The molecule has 0 aromatic heterocycles. The summed E-state index contributed by atoms with van der Waals surface area (Å²) >= 11 is -1.04. The molecule has 7 nitrogen and oxygen atoms in total. The molecular weight excluding hydrogens is 416 g/mol. The molecule has 1 amide bonds. The van der Waals surface area contributed by atoms with E-state index in [1.165, 1.54) is 10.5 Å². The Hall–Kier alpha value is -1.32. The summed E-state index contributed by atoms with van der Waals surface area (Å²) in [5.41, 5.74) is 3.63. The van der Waals surface area contributed by atoms with Gasteiger partial charge >= 0.3 is 6.09 Å². The zero-order valence-corrected chi connectivity index (χ0v) is 20.5. The number of hydrogen-bond acceptors (Lipinski definition) is 6. The summed E-state index contributed by atoms with van der Waals surface area (Å²) in [5, 5.41) is 0. The minimum absolute atomic E-state index is 0.377. The highest BCUT2D eigenvalue weighted by atomic mass is 32.2. The first-order chi connectivity index (χ1) is 14.5. The summed E-state index contributed by atoms with van der Waals surface area (Å²) in [4.78, 5) is 13.9. The number of carbonyl (C=O) groups is 1. The third kappa shape index (κ3) is 6.14. The lowest BCUT2D eigenvalue weighted by molar-refractivity contribution is -0.179. The number of aryl methyl sites for hydroxylation is 2. The van der Waals surface area contributed by atoms with E-state index in [2.05, 4.69) is 0 Å². The monoisotopic (exact) mass is 452 g/mol. The van der Waals surface area contributed by atoms with E-state index >= 15 is 0 Å². The Bertz CT molecular complexity index is 756. The summed E-state index contributed by atoms with van der Waals surface area (Å²) in [6.07, 6.45) is 1.89. The molecule has 3 rings (SSSR count). The van der Waals surface area contributed by atoms with E-state index in [0.717, 1.165) is 49.2 Å². The molecule has 1 aromatic rings. The predicted octanol–water partition coefficient (Wildman–Crippen LogP) is 3.72. The van der Waals surface area contributed by atoms with Gasteiger partial charge < -0.3 is 18.8 Å². The van der Waals surface area contributed by atoms with Crippen LogP contribution in [-0.4, -0.2) is 65.4 Å². The van der Waals surface area contributed by atoms with E-state index < -0.39 is 22.8 Å². The van der Waals surface area contributed by atoms with Gasteiger partial charge in [0.2, 0.25) is 0 Å². The van der Waals surface area contributed by atoms with Crippen LogP contribution < -0.4 is 4.90 Å². The van der Waals surface area contributed by atoms with Gasteiger partial charge in [-0.3, -0.25) is 4.90 Å². The van der Waals surface area contributed by atoms with Gasteiger partial charge in [0, 0.05) is 56.4 Å². The molecule has 2 fully saturated rings. The van der Waals surface area contributed by atoms with E-state index in [9.17, 15) is 9.35 Å². The van der Waals surface area contributed by atoms with E-state index in [0.29, 0.717) is 19.0 Å². The Kier molecular flexibility index (Phi) is 7.58. The minimum atomic E-state index is -1.04. The van der Waals surface area contributed by atoms with Crippen molar-refractivity contribution in [2.75, 3.05) is 44.0 Å². The maximum absolute atomic E-state index is 12.9. The maximum atomic E-state index is 12.9. The standard InChI is InChI=1S/C23H36N2O5S/c1-17-15-19(24(6)21(26)30-22(3,4)5)16-18(2)20(17)7-14-31(27)25-10-8-23(9-11-25)28-12-13-29-23/h15-16H,7-14H2,1-6H3. The summed E-state index contributed by atoms with van der Waals surface area (Å²) in [6, 6.07) is 3.99. The van der Waals surface area contributed by atoms with Gasteiger partial charge in [-0.25, -0.2) is 4.79 Å². The van der Waals surface area contributed by atoms with Crippen LogP contribution in [0, 0.1) is 13.8 Å². The highest BCUT2D eigenvalue weighted by Crippen LogP contribution is 2.32. The number of amides is 1. The summed E-state index contributed by atoms with van der Waals surface area (Å²) < 4.78 is 31.9. The van der Waals surface area contributed by atoms with Gasteiger partial charge in [-0.1, -0.05) is 0 Å². The van der Waals surface area contributed by atoms with E-state index in [-0.39, 0.29) is 6.09 Å². The fraction of sp³-hybridized carbons (Fsp3) is 0.696. The number of rotatable bonds is 5. The van der Waals surface area contributed by atoms with E-state index in [1.807, 2.05) is 51.1 Å². The number of ether oxygens (including phenoxy) is 3. The molecule has 174 valence electrons. The van der Waals surface area contributed by atoms with Gasteiger partial charge in [0.05, 0.1) is 13.2 Å². The van der Waals surface area contributed by atoms with Crippen molar-refractivity contribution in [1.82, 2.24) is 4.31 Å². The van der Waals surface area contributed by atoms with Crippen LogP contribution in [0.1, 0.15) is 50.3 Å². The molecule has 2 aliphatic rings. The maximum Gasteiger partial charge on any atom is 0.414 e. The lowest BCUT2D eigenvalue weighted by Crippen LogP contribution is -2.48. The summed E-state index contributed by atoms with van der Waals surface area (Å²) in [5.74, 6) is 0.140. The SMILES string of the molecule is Cc1cc(N(C)C(=O)OC(C)(C)C)cc(C)c1CC[S+]([O-])N1CCC2(CC1)OCCO2. The van der Waals surface area contributed by atoms with E-state index in [1.54, 1.807) is 7.05 Å². The van der Waals surface area contributed by atoms with Crippen molar-refractivity contribution in [3.63, 3.8) is 0 Å². The lowest BCUT2D eigenvalue weighted by Gasteiger charge is -2.37. The second-order valence-corrected chi connectivity index (χ2v) is 11.0. The Morgan fingerprint density at radius 2 is 1.74 bits per heavy atom. The number of piperidine rings is 1. The first kappa shape index (κ1) is 24.3. The molecule has 0 N–H and O–H groups in total. The Morgan fingerprint density at radius 3 is 2.26 bits per heavy atom. The van der Waals surface area contributed by atoms with Gasteiger partial charge in [0.1, 0.15) is 11.4 Å². The average molecular weight is 453 g/mol. The molecule has 0 aliphatic carbocycles. The molecule has 8 heteroatoms. The average Bonchev–Trinajstić information content (AvgIpc) is 3.13. The highest BCUT2D eigenvalue weighted by Gasteiger charge is 2.42. The fourth-order valence-electron chi connectivity index (χ4n) is 4.13. The van der Waals surface area contributed by atoms with Crippen molar-refractivity contribution >= 4 is 23.1 Å². The van der Waals surface area contributed by atoms with Crippen LogP contribution in [-0.2, 0) is 32.0 Å². The number of nitrogens with zero attached hydrogens (tertiary/aromatic N) is 2. The van der Waals surface area contributed by atoms with Gasteiger partial charge in [0.15, 0.2) is 5.79 Å². The van der Waals surface area contributed by atoms with E-state index in [4.69, 9.17) is 14.2 Å². The number of anilines is 1. The topological polar surface area (TPSA) is 74.3 Å². The zero-order chi connectivity index (χ0) is 22.8. The molecule has 0 radical (unpaired) electrons. The highest BCUT2D eigenvalue weighted by molar-refractivity contribution is 7.89. The second kappa shape index (κ2) is 9.67. The molecule has 2 aliphatic heterocycles. The Labute approximate surface area is 189 Å². The van der Waals surface area contributed by atoms with Crippen molar-refractivity contribution in [2.24, 2.45) is 0 Å². The normalized spacial score (nSPS) is 20.1. The molecule has 1 atom stereocenters. The van der Waals surface area contributed by atoms with Crippen molar-refractivity contribution in [3.8, 4) is 0 Å². The smallest absolute Gasteiger partial charge is 0.414 e. The van der Waals surface area contributed by atoms with Gasteiger partial charge in [0.25, 0.3) is 0 Å². The van der Waals surface area contributed by atoms with Crippen LogP contribution in [0.25, 0.3) is 0 Å². The molecule has 1 aromatic carbocycles. The number of benzene rings is 1. The molecule has 0 saturated carbocycles. The first-order valence-corrected chi connectivity index (χ1v) is 12.3. The largest absolute Gasteiger partial charge is 0.598 e. The number of hydrogen-bond donors (Lipinski definition) is 0. The molecule has 2 saturated heterocycles. The van der Waals surface area contributed by atoms with Crippen molar-refractivity contribution in [3.05, 3.63) is 28.8 Å². The van der Waals surface area contributed by atoms with Gasteiger partial charge in [-0.2, -0.15) is 0 Å². The van der Waals surface area contributed by atoms with Crippen molar-refractivity contribution < 1.29 is 23.6 Å². The van der Waals surface area contributed by atoms with Crippen LogP contribution in [0.3, 0.4) is 0 Å². The Balaban J connectivity index is 1.57. The van der Waals surface area contributed by atoms with Crippen LogP contribution in [0.2, 0.25) is 0 Å². The predicted molar refractivity (Wildman–Crippen MR) is 123 cm³/mol. The van der Waals surface area contributed by atoms with Crippen LogP contribution in [0.15, 0.2) is 12.1 Å². The van der Waals surface area contributed by atoms with Crippen molar-refractivity contribution in [2.45, 2.75) is 65.3 Å². The van der Waals surface area contributed by atoms with Crippen LogP contribution >= 0.6 is 0 Å². The minimum Gasteiger partial charge on any atom is -0.598 e.